The molecule has 0 saturated carbocycles. The number of ether oxygens (including phenoxy) is 1. The van der Waals surface area contributed by atoms with Crippen LogP contribution in [0.5, 0.6) is 11.6 Å². The van der Waals surface area contributed by atoms with Gasteiger partial charge in [0.2, 0.25) is 11.6 Å². The lowest BCUT2D eigenvalue weighted by Gasteiger charge is -2.10. The summed E-state index contributed by atoms with van der Waals surface area (Å²) in [6.07, 6.45) is 1.51. The minimum atomic E-state index is -0.594. The maximum atomic E-state index is 11.2. The maximum absolute atomic E-state index is 11.2. The van der Waals surface area contributed by atoms with Crippen LogP contribution >= 0.6 is 22.6 Å². The molecule has 21 heavy (non-hydrogen) atoms. The molecule has 0 saturated heterocycles. The smallest absolute Gasteiger partial charge is 0.314 e. The summed E-state index contributed by atoms with van der Waals surface area (Å²) < 4.78 is 6.02. The number of aromatic nitrogens is 1. The molecule has 106 valence electrons. The van der Waals surface area contributed by atoms with Gasteiger partial charge in [0, 0.05) is 24.4 Å². The highest BCUT2D eigenvalue weighted by atomic mass is 127. The van der Waals surface area contributed by atoms with Gasteiger partial charge in [-0.1, -0.05) is 6.07 Å². The van der Waals surface area contributed by atoms with Crippen LogP contribution in [0.15, 0.2) is 30.5 Å². The van der Waals surface area contributed by atoms with Gasteiger partial charge in [-0.05, 0) is 34.7 Å². The standard InChI is InChI=1S/C13H9IN4O3/c14-10-4-8(6-15)5-11(18(19)20)12(10)21-13-9(7-16)2-1-3-17-13/h1-5H,7,16H2. The number of nitrogens with zero attached hydrogens (tertiary/aromatic N) is 3. The summed E-state index contributed by atoms with van der Waals surface area (Å²) in [4.78, 5) is 14.6. The van der Waals surface area contributed by atoms with Crippen molar-refractivity contribution in [2.45, 2.75) is 6.54 Å². The summed E-state index contributed by atoms with van der Waals surface area (Å²) in [7, 11) is 0. The summed E-state index contributed by atoms with van der Waals surface area (Å²) in [5.74, 6) is 0.263. The van der Waals surface area contributed by atoms with Crippen molar-refractivity contribution in [2.75, 3.05) is 0 Å². The Labute approximate surface area is 133 Å². The molecule has 0 aliphatic carbocycles. The second-order valence-corrected chi connectivity index (χ2v) is 5.11. The third-order valence-corrected chi connectivity index (χ3v) is 3.42. The fourth-order valence-electron chi connectivity index (χ4n) is 1.65. The van der Waals surface area contributed by atoms with E-state index >= 15 is 0 Å². The quantitative estimate of drug-likeness (QED) is 0.483. The van der Waals surface area contributed by atoms with Gasteiger partial charge in [-0.2, -0.15) is 5.26 Å². The van der Waals surface area contributed by atoms with Crippen molar-refractivity contribution in [3.8, 4) is 17.7 Å². The van der Waals surface area contributed by atoms with E-state index in [0.29, 0.717) is 9.13 Å². The Hall–Kier alpha value is -2.25. The van der Waals surface area contributed by atoms with Gasteiger partial charge in [0.05, 0.1) is 20.1 Å². The Bertz CT molecular complexity index is 743. The largest absolute Gasteiger partial charge is 0.430 e. The van der Waals surface area contributed by atoms with Gasteiger partial charge < -0.3 is 10.5 Å². The summed E-state index contributed by atoms with van der Waals surface area (Å²) in [5, 5.41) is 20.0. The van der Waals surface area contributed by atoms with E-state index in [9.17, 15) is 10.1 Å². The lowest BCUT2D eigenvalue weighted by molar-refractivity contribution is -0.385. The van der Waals surface area contributed by atoms with E-state index < -0.39 is 4.92 Å². The van der Waals surface area contributed by atoms with Crippen LogP contribution in [-0.2, 0) is 6.54 Å². The Balaban J connectivity index is 2.54. The van der Waals surface area contributed by atoms with E-state index in [4.69, 9.17) is 15.7 Å². The van der Waals surface area contributed by atoms with Crippen molar-refractivity contribution in [3.05, 3.63) is 55.3 Å². The fraction of sp³-hybridized carbons (Fsp3) is 0.0769. The molecule has 1 aromatic heterocycles. The number of benzene rings is 1. The number of rotatable bonds is 4. The molecular formula is C13H9IN4O3. The molecular weight excluding hydrogens is 387 g/mol. The average molecular weight is 396 g/mol. The first-order chi connectivity index (χ1) is 10.1. The van der Waals surface area contributed by atoms with Crippen molar-refractivity contribution in [1.82, 2.24) is 4.98 Å². The van der Waals surface area contributed by atoms with Gasteiger partial charge in [0.15, 0.2) is 0 Å². The first-order valence-electron chi connectivity index (χ1n) is 5.76. The highest BCUT2D eigenvalue weighted by molar-refractivity contribution is 14.1. The summed E-state index contributed by atoms with van der Waals surface area (Å²) >= 11 is 1.88. The first kappa shape index (κ1) is 15.1. The second-order valence-electron chi connectivity index (χ2n) is 3.95. The zero-order valence-corrected chi connectivity index (χ0v) is 12.8. The van der Waals surface area contributed by atoms with Crippen LogP contribution < -0.4 is 10.5 Å². The number of nitriles is 1. The lowest BCUT2D eigenvalue weighted by Crippen LogP contribution is -2.03. The van der Waals surface area contributed by atoms with Crippen LogP contribution in [0, 0.1) is 25.0 Å². The summed E-state index contributed by atoms with van der Waals surface area (Å²) in [5.41, 5.74) is 6.13. The van der Waals surface area contributed by atoms with E-state index in [1.54, 1.807) is 12.1 Å². The van der Waals surface area contributed by atoms with E-state index in [-0.39, 0.29) is 29.4 Å². The number of halogens is 1. The van der Waals surface area contributed by atoms with Crippen molar-refractivity contribution in [2.24, 2.45) is 5.73 Å². The number of nitro groups is 1. The normalized spacial score (nSPS) is 9.95. The predicted octanol–water partition coefficient (Wildman–Crippen LogP) is 2.72. The van der Waals surface area contributed by atoms with Gasteiger partial charge in [-0.25, -0.2) is 4.98 Å². The van der Waals surface area contributed by atoms with Crippen LogP contribution in [-0.4, -0.2) is 9.91 Å². The Kier molecular flexibility index (Phi) is 4.66. The molecule has 0 aliphatic rings. The highest BCUT2D eigenvalue weighted by Crippen LogP contribution is 2.37. The molecule has 0 aliphatic heterocycles. The van der Waals surface area contributed by atoms with Crippen molar-refractivity contribution in [3.63, 3.8) is 0 Å². The van der Waals surface area contributed by atoms with Gasteiger partial charge >= 0.3 is 5.69 Å². The first-order valence-corrected chi connectivity index (χ1v) is 6.84. The Morgan fingerprint density at radius 3 is 2.90 bits per heavy atom. The van der Waals surface area contributed by atoms with E-state index in [2.05, 4.69) is 4.98 Å². The molecule has 2 N–H and O–H groups in total. The maximum Gasteiger partial charge on any atom is 0.314 e. The molecule has 0 atom stereocenters. The van der Waals surface area contributed by atoms with Gasteiger partial charge in [0.1, 0.15) is 0 Å². The van der Waals surface area contributed by atoms with Gasteiger partial charge in [0.25, 0.3) is 0 Å². The van der Waals surface area contributed by atoms with Crippen LogP contribution in [0.25, 0.3) is 0 Å². The number of nitrogens with two attached hydrogens (primary N) is 1. The summed E-state index contributed by atoms with van der Waals surface area (Å²) in [6, 6.07) is 7.98. The molecule has 0 unspecified atom stereocenters. The van der Waals surface area contributed by atoms with Crippen LogP contribution in [0.4, 0.5) is 5.69 Å². The molecule has 0 spiro atoms. The van der Waals surface area contributed by atoms with E-state index in [1.165, 1.54) is 18.3 Å². The van der Waals surface area contributed by atoms with E-state index in [1.807, 2.05) is 28.7 Å². The minimum Gasteiger partial charge on any atom is -0.430 e. The van der Waals surface area contributed by atoms with Gasteiger partial charge in [-0.15, -0.1) is 0 Å². The second kappa shape index (κ2) is 6.47. The molecule has 0 amide bonds. The monoisotopic (exact) mass is 396 g/mol. The topological polar surface area (TPSA) is 115 Å². The highest BCUT2D eigenvalue weighted by Gasteiger charge is 2.22. The van der Waals surface area contributed by atoms with Crippen LogP contribution in [0.2, 0.25) is 0 Å². The fourth-order valence-corrected chi connectivity index (χ4v) is 2.37. The van der Waals surface area contributed by atoms with Crippen molar-refractivity contribution in [1.29, 1.82) is 5.26 Å². The number of nitro benzene ring substituents is 1. The van der Waals surface area contributed by atoms with Crippen molar-refractivity contribution >= 4 is 28.3 Å². The zero-order chi connectivity index (χ0) is 15.4. The molecule has 1 heterocycles. The minimum absolute atomic E-state index is 0.0491. The number of pyridine rings is 1. The third-order valence-electron chi connectivity index (χ3n) is 2.62. The predicted molar refractivity (Wildman–Crippen MR) is 82.7 cm³/mol. The molecule has 2 rings (SSSR count). The average Bonchev–Trinajstić information content (AvgIpc) is 2.49. The molecule has 1 aromatic carbocycles. The van der Waals surface area contributed by atoms with Crippen LogP contribution in [0.1, 0.15) is 11.1 Å². The Morgan fingerprint density at radius 2 is 2.29 bits per heavy atom. The molecule has 8 heteroatoms. The molecule has 0 bridgehead atoms. The van der Waals surface area contributed by atoms with Gasteiger partial charge in [-0.3, -0.25) is 10.1 Å². The van der Waals surface area contributed by atoms with E-state index in [0.717, 1.165) is 0 Å². The zero-order valence-electron chi connectivity index (χ0n) is 10.6. The van der Waals surface area contributed by atoms with Crippen molar-refractivity contribution < 1.29 is 9.66 Å². The molecule has 0 radical (unpaired) electrons. The number of hydrogen-bond donors (Lipinski definition) is 1. The molecule has 7 nitrogen and oxygen atoms in total. The molecule has 0 fully saturated rings. The number of hydrogen-bond acceptors (Lipinski definition) is 6. The Morgan fingerprint density at radius 1 is 1.52 bits per heavy atom. The third kappa shape index (κ3) is 3.26. The summed E-state index contributed by atoms with van der Waals surface area (Å²) in [6.45, 7) is 0.198. The van der Waals surface area contributed by atoms with Crippen LogP contribution in [0.3, 0.4) is 0 Å². The molecule has 2 aromatic rings. The lowest BCUT2D eigenvalue weighted by atomic mass is 10.2. The SMILES string of the molecule is N#Cc1cc(I)c(Oc2ncccc2CN)c([N+](=O)[O-])c1.